The molecule has 0 aromatic heterocycles. The maximum absolute atomic E-state index is 11.1. The van der Waals surface area contributed by atoms with Gasteiger partial charge in [-0.1, -0.05) is 0 Å². The summed E-state index contributed by atoms with van der Waals surface area (Å²) < 4.78 is 0. The van der Waals surface area contributed by atoms with E-state index in [-0.39, 0.29) is 11.4 Å². The fourth-order valence-electron chi connectivity index (χ4n) is 1.93. The molecule has 0 aliphatic rings. The van der Waals surface area contributed by atoms with Crippen LogP contribution >= 0.6 is 0 Å². The van der Waals surface area contributed by atoms with Crippen LogP contribution in [0.4, 0.5) is 34.1 Å². The van der Waals surface area contributed by atoms with Crippen LogP contribution in [0.5, 0.6) is 0 Å². The van der Waals surface area contributed by atoms with E-state index in [4.69, 9.17) is 0 Å². The first-order chi connectivity index (χ1) is 11.7. The molecule has 13 nitrogen and oxygen atoms in total. The van der Waals surface area contributed by atoms with Crippen molar-refractivity contribution in [3.63, 3.8) is 0 Å². The summed E-state index contributed by atoms with van der Waals surface area (Å²) in [4.78, 5) is 40.0. The number of non-ortho nitro benzene ring substituents is 2. The van der Waals surface area contributed by atoms with Gasteiger partial charge in [0.15, 0.2) is 5.69 Å². The zero-order chi connectivity index (χ0) is 18.7. The normalized spacial score (nSPS) is 10.1. The molecule has 0 fully saturated rings. The number of hydrogen-bond acceptors (Lipinski definition) is 9. The van der Waals surface area contributed by atoms with Crippen molar-refractivity contribution < 1.29 is 19.7 Å². The molecular weight excluding hydrogens is 342 g/mol. The van der Waals surface area contributed by atoms with E-state index in [9.17, 15) is 40.5 Å². The number of rotatable bonds is 6. The highest BCUT2D eigenvalue weighted by atomic mass is 16.6. The molecule has 0 spiro atoms. The lowest BCUT2D eigenvalue weighted by Gasteiger charge is -2.07. The first-order valence-corrected chi connectivity index (χ1v) is 6.33. The molecule has 13 heteroatoms. The first-order valence-electron chi connectivity index (χ1n) is 6.33. The van der Waals surface area contributed by atoms with E-state index in [0.29, 0.717) is 12.1 Å². The molecule has 128 valence electrons. The molecule has 2 aromatic carbocycles. The number of nitrogens with one attached hydrogen (secondary N) is 1. The van der Waals surface area contributed by atoms with Crippen LogP contribution in [0.15, 0.2) is 36.4 Å². The Morgan fingerprint density at radius 1 is 0.640 bits per heavy atom. The van der Waals surface area contributed by atoms with Crippen molar-refractivity contribution in [3.8, 4) is 0 Å². The quantitative estimate of drug-likeness (QED) is 0.604. The van der Waals surface area contributed by atoms with Crippen molar-refractivity contribution in [2.75, 3.05) is 5.32 Å². The zero-order valence-electron chi connectivity index (χ0n) is 12.0. The molecule has 0 bridgehead atoms. The summed E-state index contributed by atoms with van der Waals surface area (Å²) in [5, 5.41) is 46.1. The fourth-order valence-corrected chi connectivity index (χ4v) is 1.93. The minimum absolute atomic E-state index is 0.0886. The number of anilines is 2. The van der Waals surface area contributed by atoms with Crippen LogP contribution < -0.4 is 5.32 Å². The predicted molar refractivity (Wildman–Crippen MR) is 82.8 cm³/mol. The molecule has 0 unspecified atom stereocenters. The molecule has 0 aliphatic heterocycles. The van der Waals surface area contributed by atoms with Gasteiger partial charge in [0, 0.05) is 17.8 Å². The fraction of sp³-hybridized carbons (Fsp3) is 0. The third-order valence-electron chi connectivity index (χ3n) is 3.03. The van der Waals surface area contributed by atoms with Crippen LogP contribution in [-0.4, -0.2) is 19.7 Å². The van der Waals surface area contributed by atoms with Gasteiger partial charge in [0.05, 0.1) is 31.8 Å². The van der Waals surface area contributed by atoms with Gasteiger partial charge in [0.25, 0.3) is 11.4 Å². The summed E-state index contributed by atoms with van der Waals surface area (Å²) in [5.41, 5.74) is -3.30. The highest BCUT2D eigenvalue weighted by Crippen LogP contribution is 2.40. The van der Waals surface area contributed by atoms with Crippen molar-refractivity contribution >= 4 is 34.1 Å². The van der Waals surface area contributed by atoms with E-state index in [1.807, 2.05) is 0 Å². The van der Waals surface area contributed by atoms with Crippen LogP contribution in [0.1, 0.15) is 0 Å². The second kappa shape index (κ2) is 6.53. The summed E-state index contributed by atoms with van der Waals surface area (Å²) in [7, 11) is 0. The Labute approximate surface area is 137 Å². The smallest absolute Gasteiger partial charge is 0.306 e. The number of nitro benzene ring substituents is 4. The van der Waals surface area contributed by atoms with Gasteiger partial charge in [-0.25, -0.2) is 0 Å². The molecule has 25 heavy (non-hydrogen) atoms. The Morgan fingerprint density at radius 3 is 1.44 bits per heavy atom. The maximum Gasteiger partial charge on any atom is 0.306 e. The monoisotopic (exact) mass is 349 g/mol. The van der Waals surface area contributed by atoms with E-state index in [1.165, 1.54) is 12.1 Å². The van der Waals surface area contributed by atoms with E-state index >= 15 is 0 Å². The van der Waals surface area contributed by atoms with Crippen LogP contribution in [0, 0.1) is 40.5 Å². The topological polar surface area (TPSA) is 185 Å². The second-order valence-corrected chi connectivity index (χ2v) is 4.56. The van der Waals surface area contributed by atoms with E-state index in [1.54, 1.807) is 0 Å². The summed E-state index contributed by atoms with van der Waals surface area (Å²) >= 11 is 0. The molecular formula is C12H7N5O8. The predicted octanol–water partition coefficient (Wildman–Crippen LogP) is 3.06. The molecule has 0 atom stereocenters. The highest BCUT2D eigenvalue weighted by Gasteiger charge is 2.30. The van der Waals surface area contributed by atoms with Crippen LogP contribution in [0.3, 0.4) is 0 Å². The lowest BCUT2D eigenvalue weighted by Crippen LogP contribution is -2.03. The Morgan fingerprint density at radius 2 is 1.08 bits per heavy atom. The number of hydrogen-bond donors (Lipinski definition) is 1. The van der Waals surface area contributed by atoms with Crippen molar-refractivity contribution in [1.82, 2.24) is 0 Å². The maximum atomic E-state index is 11.1. The van der Waals surface area contributed by atoms with E-state index in [0.717, 1.165) is 12.1 Å². The summed E-state index contributed by atoms with van der Waals surface area (Å²) in [6, 6.07) is 5.72. The van der Waals surface area contributed by atoms with Gasteiger partial charge in [-0.3, -0.25) is 40.5 Å². The van der Waals surface area contributed by atoms with Crippen molar-refractivity contribution in [2.45, 2.75) is 0 Å². The minimum Gasteiger partial charge on any atom is -0.344 e. The Hall–Kier alpha value is -4.16. The van der Waals surface area contributed by atoms with Crippen molar-refractivity contribution in [3.05, 3.63) is 76.9 Å². The molecule has 0 amide bonds. The number of nitro groups is 4. The van der Waals surface area contributed by atoms with Gasteiger partial charge in [-0.15, -0.1) is 0 Å². The molecule has 0 saturated heterocycles. The Bertz CT molecular complexity index is 860. The number of nitrogens with zero attached hydrogens (tertiary/aromatic N) is 4. The van der Waals surface area contributed by atoms with Gasteiger partial charge in [-0.05, 0) is 12.1 Å². The first kappa shape index (κ1) is 17.2. The molecule has 1 N–H and O–H groups in total. The van der Waals surface area contributed by atoms with Gasteiger partial charge in [0.2, 0.25) is 0 Å². The molecule has 0 radical (unpaired) electrons. The van der Waals surface area contributed by atoms with Crippen LogP contribution in [-0.2, 0) is 0 Å². The summed E-state index contributed by atoms with van der Waals surface area (Å²) in [6.45, 7) is 0. The van der Waals surface area contributed by atoms with Gasteiger partial charge in [-0.2, -0.15) is 0 Å². The van der Waals surface area contributed by atoms with Crippen molar-refractivity contribution in [1.29, 1.82) is 0 Å². The Kier molecular flexibility index (Phi) is 4.49. The average molecular weight is 349 g/mol. The lowest BCUT2D eigenvalue weighted by molar-refractivity contribution is -0.401. The number of benzene rings is 2. The Balaban J connectivity index is 2.58. The SMILES string of the molecule is O=[N+]([O-])c1ccc(Nc2c([N+](=O)[O-])cc([N+](=O)[O-])cc2[N+](=O)[O-])cc1. The van der Waals surface area contributed by atoms with Gasteiger partial charge in [0.1, 0.15) is 0 Å². The van der Waals surface area contributed by atoms with E-state index in [2.05, 4.69) is 5.32 Å². The van der Waals surface area contributed by atoms with Crippen molar-refractivity contribution in [2.24, 2.45) is 0 Å². The third kappa shape index (κ3) is 3.61. The molecule has 2 aromatic rings. The molecule has 2 rings (SSSR count). The molecule has 0 heterocycles. The second-order valence-electron chi connectivity index (χ2n) is 4.56. The van der Waals surface area contributed by atoms with Crippen LogP contribution in [0.25, 0.3) is 0 Å². The van der Waals surface area contributed by atoms with Crippen LogP contribution in [0.2, 0.25) is 0 Å². The van der Waals surface area contributed by atoms with Gasteiger partial charge >= 0.3 is 11.4 Å². The average Bonchev–Trinajstić information content (AvgIpc) is 2.54. The molecule has 0 saturated carbocycles. The standard InChI is InChI=1S/C12H7N5O8/c18-14(19)8-3-1-7(2-4-8)13-12-10(16(22)23)5-9(15(20)21)6-11(12)17(24)25/h1-6,13H. The minimum atomic E-state index is -1.01. The zero-order valence-corrected chi connectivity index (χ0v) is 12.0. The summed E-state index contributed by atoms with van der Waals surface area (Å²) in [5.74, 6) is 0. The highest BCUT2D eigenvalue weighted by molar-refractivity contribution is 5.81. The van der Waals surface area contributed by atoms with E-state index < -0.39 is 42.4 Å². The third-order valence-corrected chi connectivity index (χ3v) is 3.03. The van der Waals surface area contributed by atoms with Gasteiger partial charge < -0.3 is 5.32 Å². The largest absolute Gasteiger partial charge is 0.344 e. The summed E-state index contributed by atoms with van der Waals surface area (Å²) in [6.07, 6.45) is 0. The lowest BCUT2D eigenvalue weighted by atomic mass is 10.2. The molecule has 0 aliphatic carbocycles.